The topological polar surface area (TPSA) is 43.8 Å². The van der Waals surface area contributed by atoms with Crippen LogP contribution in [0.4, 0.5) is 0 Å². The molecule has 0 aliphatic carbocycles. The predicted molar refractivity (Wildman–Crippen MR) is 201 cm³/mol. The average molecular weight is 749 g/mol. The molecule has 0 atom stereocenters. The number of para-hydroxylation sites is 2. The first-order chi connectivity index (χ1) is 24.1. The van der Waals surface area contributed by atoms with Crippen LogP contribution < -0.4 is 6.92 Å². The quantitative estimate of drug-likeness (QED) is 0.0751. The van der Waals surface area contributed by atoms with Crippen molar-refractivity contribution in [3.8, 4) is 11.5 Å². The van der Waals surface area contributed by atoms with E-state index in [1.807, 2.05) is 60.7 Å². The molecule has 5 rings (SSSR count). The second kappa shape index (κ2) is 21.3. The molecule has 5 heteroatoms. The second-order valence-corrected chi connectivity index (χ2v) is 13.5. The molecule has 0 saturated carbocycles. The zero-order chi connectivity index (χ0) is 34.7. The Labute approximate surface area is 304 Å². The Morgan fingerprint density at radius 1 is 0.469 bits per heavy atom. The van der Waals surface area contributed by atoms with Gasteiger partial charge in [-0.15, -0.1) is 0 Å². The Kier molecular flexibility index (Phi) is 16.6. The van der Waals surface area contributed by atoms with E-state index in [0.29, 0.717) is 0 Å². The summed E-state index contributed by atoms with van der Waals surface area (Å²) in [5.74, 6) is 1.67. The predicted octanol–water partition coefficient (Wildman–Crippen LogP) is 13.0. The summed E-state index contributed by atoms with van der Waals surface area (Å²) in [7, 11) is 0. The van der Waals surface area contributed by atoms with Crippen LogP contribution >= 0.6 is 0 Å². The summed E-state index contributed by atoms with van der Waals surface area (Å²) < 4.78 is 12.4. The zero-order valence-electron chi connectivity index (χ0n) is 29.9. The molecule has 4 aromatic carbocycles. The van der Waals surface area contributed by atoms with Crippen LogP contribution in [0.1, 0.15) is 114 Å². The first-order valence-electron chi connectivity index (χ1n) is 18.3. The van der Waals surface area contributed by atoms with E-state index in [0.717, 1.165) is 85.4 Å². The average Bonchev–Trinajstić information content (AvgIpc) is 3.43. The van der Waals surface area contributed by atoms with Crippen molar-refractivity contribution in [3.05, 3.63) is 148 Å². The fourth-order valence-electron chi connectivity index (χ4n) is 5.91. The van der Waals surface area contributed by atoms with Crippen molar-refractivity contribution in [3.63, 3.8) is 0 Å². The van der Waals surface area contributed by atoms with Crippen molar-refractivity contribution in [1.82, 2.24) is 0 Å². The van der Waals surface area contributed by atoms with E-state index < -0.39 is 0 Å². The van der Waals surface area contributed by atoms with Crippen molar-refractivity contribution < 1.29 is 30.3 Å². The van der Waals surface area contributed by atoms with Crippen LogP contribution in [-0.4, -0.2) is 4.70 Å². The standard InChI is InChI=1S/C32H44N2.2C6H6O.Pd/c1-5-9-13-25-17-21-27(22-18-25)31-29(15-11-7-3)30(16-12-8-4)32(34(31)33)28-23-19-26(20-24-28)14-10-6-2;2*7-6-4-2-1-3-5-6;/h17-24H,5-16H2,1-4H3;2*1-5,7H;/q;;;+2/p-2. The molecular weight excluding hydrogens is 695 g/mol. The van der Waals surface area contributed by atoms with E-state index in [1.54, 1.807) is 0 Å². The van der Waals surface area contributed by atoms with Gasteiger partial charge in [0.2, 0.25) is 11.4 Å². The van der Waals surface area contributed by atoms with Crippen molar-refractivity contribution >= 4 is 11.4 Å². The molecule has 0 fully saturated rings. The van der Waals surface area contributed by atoms with Gasteiger partial charge in [-0.3, -0.25) is 0 Å². The molecule has 0 aromatic heterocycles. The summed E-state index contributed by atoms with van der Waals surface area (Å²) in [6.07, 6.45) is 13.7. The van der Waals surface area contributed by atoms with Gasteiger partial charge < -0.3 is 5.53 Å². The van der Waals surface area contributed by atoms with Crippen LogP contribution in [0.5, 0.6) is 11.5 Å². The van der Waals surface area contributed by atoms with Crippen LogP contribution in [0.25, 0.3) is 16.9 Å². The van der Waals surface area contributed by atoms with Gasteiger partial charge in [-0.1, -0.05) is 77.6 Å². The maximum atomic E-state index is 11.6. The molecule has 262 valence electrons. The van der Waals surface area contributed by atoms with Gasteiger partial charge in [0.15, 0.2) is 0 Å². The van der Waals surface area contributed by atoms with Crippen LogP contribution in [-0.2, 0) is 31.6 Å². The molecule has 1 aliphatic heterocycles. The number of hydrogen-bond acceptors (Lipinski definition) is 2. The monoisotopic (exact) mass is 748 g/mol. The normalized spacial score (nSPS) is 12.7. The molecule has 0 saturated heterocycles. The number of rotatable bonds is 18. The van der Waals surface area contributed by atoms with Gasteiger partial charge in [0.1, 0.15) is 0 Å². The number of nitrogens with zero attached hydrogens (tertiary/aromatic N) is 2. The van der Waals surface area contributed by atoms with Crippen molar-refractivity contribution in [2.75, 3.05) is 0 Å². The molecule has 4 aromatic rings. The van der Waals surface area contributed by atoms with E-state index >= 15 is 0 Å². The van der Waals surface area contributed by atoms with Crippen molar-refractivity contribution in [2.45, 2.75) is 105 Å². The molecule has 0 radical (unpaired) electrons. The molecule has 49 heavy (non-hydrogen) atoms. The van der Waals surface area contributed by atoms with E-state index in [-0.39, 0.29) is 18.7 Å². The minimum atomic E-state index is -0.207. The number of aryl methyl sites for hydroxylation is 2. The third-order valence-electron chi connectivity index (χ3n) is 8.70. The number of allylic oxidation sites excluding steroid dienone is 2. The first kappa shape index (κ1) is 38.0. The minimum absolute atomic E-state index is 0.207. The van der Waals surface area contributed by atoms with Gasteiger partial charge >= 0.3 is 97.8 Å². The number of benzene rings is 4. The van der Waals surface area contributed by atoms with Crippen LogP contribution in [0.3, 0.4) is 0 Å². The van der Waals surface area contributed by atoms with Crippen LogP contribution in [0, 0.1) is 0 Å². The summed E-state index contributed by atoms with van der Waals surface area (Å²) in [5.41, 5.74) is 21.3. The molecule has 0 N–H and O–H groups in total. The van der Waals surface area contributed by atoms with E-state index in [9.17, 15) is 5.53 Å². The summed E-state index contributed by atoms with van der Waals surface area (Å²) in [6, 6.07) is 37.1. The van der Waals surface area contributed by atoms with Crippen LogP contribution in [0.15, 0.2) is 120 Å². The summed E-state index contributed by atoms with van der Waals surface area (Å²) in [4.78, 5) is 0. The molecule has 4 nitrogen and oxygen atoms in total. The van der Waals surface area contributed by atoms with Gasteiger partial charge in [-0.25, -0.2) is 4.70 Å². The van der Waals surface area contributed by atoms with Gasteiger partial charge in [-0.05, 0) is 86.8 Å². The van der Waals surface area contributed by atoms with Gasteiger partial charge in [0.05, 0.1) is 0 Å². The third kappa shape index (κ3) is 11.7. The van der Waals surface area contributed by atoms with Gasteiger partial charge in [0.25, 0.3) is 0 Å². The molecule has 1 heterocycles. The first-order valence-corrected chi connectivity index (χ1v) is 19.5. The zero-order valence-corrected chi connectivity index (χ0v) is 31.5. The Bertz CT molecular complexity index is 1490. The van der Waals surface area contributed by atoms with E-state index in [1.165, 1.54) is 52.7 Å². The van der Waals surface area contributed by atoms with E-state index in [2.05, 4.69) is 76.2 Å². The molecule has 0 amide bonds. The fraction of sp³-hybridized carbons (Fsp3) is 0.364. The molecule has 1 aliphatic rings. The molecule has 0 spiro atoms. The molecule has 0 bridgehead atoms. The Hall–Kier alpha value is -3.78. The van der Waals surface area contributed by atoms with Gasteiger partial charge in [0, 0.05) is 22.3 Å². The summed E-state index contributed by atoms with van der Waals surface area (Å²) in [5, 5.41) is 0. The Balaban J connectivity index is 0.000000299. The van der Waals surface area contributed by atoms with E-state index in [4.69, 9.17) is 6.92 Å². The summed E-state index contributed by atoms with van der Waals surface area (Å²) >= 11 is -0.207. The number of unbranched alkanes of at least 4 members (excludes halogenated alkanes) is 4. The Morgan fingerprint density at radius 3 is 1.16 bits per heavy atom. The Morgan fingerprint density at radius 2 is 0.816 bits per heavy atom. The number of hydrogen-bond donors (Lipinski definition) is 0. The van der Waals surface area contributed by atoms with Crippen molar-refractivity contribution in [2.24, 2.45) is 0 Å². The van der Waals surface area contributed by atoms with Crippen LogP contribution in [0.2, 0.25) is 0 Å². The second-order valence-electron chi connectivity index (χ2n) is 12.6. The maximum absolute atomic E-state index is 11.6. The van der Waals surface area contributed by atoms with Gasteiger partial charge in [-0.2, -0.15) is 0 Å². The fourth-order valence-corrected chi connectivity index (χ4v) is 6.70. The van der Waals surface area contributed by atoms with Crippen molar-refractivity contribution in [1.29, 1.82) is 0 Å². The SMILES string of the molecule is CCCCC1=C(c2ccc(CCCC)cc2)[N+](=[N-])C(c2ccc(CCCC)cc2)=C1CCCC.c1ccc([O][Pd][O]c2ccccc2)cc1. The summed E-state index contributed by atoms with van der Waals surface area (Å²) in [6.45, 7) is 8.98. The third-order valence-corrected chi connectivity index (χ3v) is 9.69. The molecule has 0 unspecified atom stereocenters. The molecular formula is C44H54N2O2Pd.